The minimum absolute atomic E-state index is 0.0154. The molecule has 3 aromatic rings. The summed E-state index contributed by atoms with van der Waals surface area (Å²) < 4.78 is 11.2. The van der Waals surface area contributed by atoms with Gasteiger partial charge in [-0.05, 0) is 37.1 Å². The highest BCUT2D eigenvalue weighted by atomic mass is 16.5. The van der Waals surface area contributed by atoms with Gasteiger partial charge in [0.1, 0.15) is 17.2 Å². The third-order valence-corrected chi connectivity index (χ3v) is 4.72. The summed E-state index contributed by atoms with van der Waals surface area (Å²) in [7, 11) is 0. The van der Waals surface area contributed by atoms with E-state index in [1.54, 1.807) is 12.1 Å². The zero-order valence-electron chi connectivity index (χ0n) is 14.4. The number of allylic oxidation sites excluding steroid dienone is 1. The molecule has 5 nitrogen and oxygen atoms in total. The molecule has 0 fully saturated rings. The molecular formula is C21H16N2O3. The van der Waals surface area contributed by atoms with Crippen molar-refractivity contribution in [3.05, 3.63) is 86.6 Å². The molecule has 0 spiro atoms. The predicted octanol–water partition coefficient (Wildman–Crippen LogP) is 3.63. The molecule has 0 aliphatic carbocycles. The van der Waals surface area contributed by atoms with Gasteiger partial charge in [-0.15, -0.1) is 0 Å². The first-order valence-electron chi connectivity index (χ1n) is 8.21. The molecular weight excluding hydrogens is 328 g/mol. The molecule has 4 rings (SSSR count). The zero-order chi connectivity index (χ0) is 18.4. The largest absolute Gasteiger partial charge is 0.439 e. The minimum Gasteiger partial charge on any atom is -0.439 e. The number of fused-ring (bicyclic) bond motifs is 3. The van der Waals surface area contributed by atoms with Crippen LogP contribution in [0.2, 0.25) is 0 Å². The van der Waals surface area contributed by atoms with E-state index in [1.807, 2.05) is 44.2 Å². The van der Waals surface area contributed by atoms with Crippen molar-refractivity contribution in [3.8, 4) is 11.8 Å². The van der Waals surface area contributed by atoms with Gasteiger partial charge in [0, 0.05) is 0 Å². The van der Waals surface area contributed by atoms with E-state index in [1.165, 1.54) is 0 Å². The molecule has 1 aromatic heterocycles. The lowest BCUT2D eigenvalue weighted by atomic mass is 9.81. The lowest BCUT2D eigenvalue weighted by Gasteiger charge is -2.27. The van der Waals surface area contributed by atoms with Crippen LogP contribution < -0.4 is 16.1 Å². The number of rotatable bonds is 1. The average molecular weight is 344 g/mol. The van der Waals surface area contributed by atoms with Crippen LogP contribution in [0.1, 0.15) is 28.2 Å². The quantitative estimate of drug-likeness (QED) is 0.681. The number of hydrogen-bond donors (Lipinski definition) is 1. The van der Waals surface area contributed by atoms with Crippen molar-refractivity contribution in [2.45, 2.75) is 19.8 Å². The monoisotopic (exact) mass is 344 g/mol. The standard InChI is InChI=1S/C21H16N2O3/c1-11-7-8-12(2)14(9-11)17-15(10-22)20(23)26-19-13-5-3-4-6-16(13)25-21(24)18(17)19/h3-9,17H,23H2,1-2H3. The second-order valence-corrected chi connectivity index (χ2v) is 6.41. The van der Waals surface area contributed by atoms with Crippen molar-refractivity contribution in [3.63, 3.8) is 0 Å². The highest BCUT2D eigenvalue weighted by Gasteiger charge is 2.36. The fourth-order valence-corrected chi connectivity index (χ4v) is 3.45. The van der Waals surface area contributed by atoms with E-state index in [4.69, 9.17) is 14.9 Å². The van der Waals surface area contributed by atoms with Gasteiger partial charge in [0.05, 0.1) is 16.9 Å². The van der Waals surface area contributed by atoms with Crippen LogP contribution in [0.15, 0.2) is 63.1 Å². The average Bonchev–Trinajstić information content (AvgIpc) is 2.63. The van der Waals surface area contributed by atoms with Gasteiger partial charge in [-0.25, -0.2) is 4.79 Å². The fraction of sp³-hybridized carbons (Fsp3) is 0.143. The fourth-order valence-electron chi connectivity index (χ4n) is 3.45. The van der Waals surface area contributed by atoms with Gasteiger partial charge in [-0.1, -0.05) is 35.9 Å². The maximum absolute atomic E-state index is 12.8. The summed E-state index contributed by atoms with van der Waals surface area (Å²) in [4.78, 5) is 12.8. The molecule has 0 amide bonds. The summed E-state index contributed by atoms with van der Waals surface area (Å²) in [5.41, 5.74) is 9.32. The Bertz CT molecular complexity index is 1180. The highest BCUT2D eigenvalue weighted by molar-refractivity contribution is 5.86. The number of nitriles is 1. The summed E-state index contributed by atoms with van der Waals surface area (Å²) >= 11 is 0. The summed E-state index contributed by atoms with van der Waals surface area (Å²) in [5, 5.41) is 10.3. The zero-order valence-corrected chi connectivity index (χ0v) is 14.4. The topological polar surface area (TPSA) is 89.3 Å². The molecule has 1 unspecified atom stereocenters. The van der Waals surface area contributed by atoms with Gasteiger partial charge in [0.25, 0.3) is 0 Å². The highest BCUT2D eigenvalue weighted by Crippen LogP contribution is 2.44. The molecule has 2 heterocycles. The molecule has 0 radical (unpaired) electrons. The number of hydrogen-bond acceptors (Lipinski definition) is 5. The van der Waals surface area contributed by atoms with Crippen LogP contribution in [0.5, 0.6) is 5.75 Å². The van der Waals surface area contributed by atoms with Gasteiger partial charge in [0.15, 0.2) is 5.75 Å². The van der Waals surface area contributed by atoms with Gasteiger partial charge in [0.2, 0.25) is 5.88 Å². The van der Waals surface area contributed by atoms with Crippen molar-refractivity contribution in [2.24, 2.45) is 5.73 Å². The van der Waals surface area contributed by atoms with Gasteiger partial charge >= 0.3 is 5.63 Å². The van der Waals surface area contributed by atoms with E-state index in [-0.39, 0.29) is 11.5 Å². The lowest BCUT2D eigenvalue weighted by Crippen LogP contribution is -2.26. The van der Waals surface area contributed by atoms with E-state index in [0.29, 0.717) is 22.3 Å². The van der Waals surface area contributed by atoms with E-state index in [9.17, 15) is 10.1 Å². The van der Waals surface area contributed by atoms with E-state index < -0.39 is 11.5 Å². The number of nitrogens with two attached hydrogens (primary N) is 1. The molecule has 0 saturated carbocycles. The van der Waals surface area contributed by atoms with Crippen molar-refractivity contribution < 1.29 is 9.15 Å². The predicted molar refractivity (Wildman–Crippen MR) is 97.7 cm³/mol. The number of nitrogens with zero attached hydrogens (tertiary/aromatic N) is 1. The van der Waals surface area contributed by atoms with Crippen LogP contribution in [0.3, 0.4) is 0 Å². The second-order valence-electron chi connectivity index (χ2n) is 6.41. The van der Waals surface area contributed by atoms with Crippen molar-refractivity contribution in [1.29, 1.82) is 5.26 Å². The lowest BCUT2D eigenvalue weighted by molar-refractivity contribution is 0.388. The van der Waals surface area contributed by atoms with Crippen LogP contribution in [0, 0.1) is 25.2 Å². The summed E-state index contributed by atoms with van der Waals surface area (Å²) in [6, 6.07) is 15.2. The Morgan fingerprint density at radius 1 is 1.15 bits per heavy atom. The summed E-state index contributed by atoms with van der Waals surface area (Å²) in [6.45, 7) is 3.91. The number of para-hydroxylation sites is 1. The van der Waals surface area contributed by atoms with Crippen LogP contribution >= 0.6 is 0 Å². The van der Waals surface area contributed by atoms with Crippen molar-refractivity contribution >= 4 is 11.0 Å². The molecule has 5 heteroatoms. The first-order valence-corrected chi connectivity index (χ1v) is 8.21. The molecule has 2 N–H and O–H groups in total. The van der Waals surface area contributed by atoms with Crippen molar-refractivity contribution in [2.75, 3.05) is 0 Å². The first kappa shape index (κ1) is 16.0. The maximum Gasteiger partial charge on any atom is 0.344 e. The van der Waals surface area contributed by atoms with Crippen LogP contribution in [0.4, 0.5) is 0 Å². The minimum atomic E-state index is -0.621. The Morgan fingerprint density at radius 2 is 1.92 bits per heavy atom. The van der Waals surface area contributed by atoms with Crippen LogP contribution in [-0.2, 0) is 0 Å². The number of benzene rings is 2. The summed E-state index contributed by atoms with van der Waals surface area (Å²) in [6.07, 6.45) is 0. The van der Waals surface area contributed by atoms with E-state index in [2.05, 4.69) is 6.07 Å². The van der Waals surface area contributed by atoms with Gasteiger partial charge in [-0.2, -0.15) is 5.26 Å². The smallest absolute Gasteiger partial charge is 0.344 e. The molecule has 1 atom stereocenters. The van der Waals surface area contributed by atoms with Gasteiger partial charge in [-0.3, -0.25) is 0 Å². The molecule has 26 heavy (non-hydrogen) atoms. The Kier molecular flexibility index (Phi) is 3.55. The molecule has 0 saturated heterocycles. The molecule has 2 aromatic carbocycles. The molecule has 1 aliphatic heterocycles. The Hall–Kier alpha value is -3.52. The third-order valence-electron chi connectivity index (χ3n) is 4.72. The summed E-state index contributed by atoms with van der Waals surface area (Å²) in [5.74, 6) is -0.245. The molecule has 0 bridgehead atoms. The Balaban J connectivity index is 2.12. The third kappa shape index (κ3) is 2.27. The first-order chi connectivity index (χ1) is 12.5. The Morgan fingerprint density at radius 3 is 2.69 bits per heavy atom. The van der Waals surface area contributed by atoms with Crippen LogP contribution in [-0.4, -0.2) is 0 Å². The maximum atomic E-state index is 12.8. The van der Waals surface area contributed by atoms with Gasteiger partial charge < -0.3 is 14.9 Å². The van der Waals surface area contributed by atoms with E-state index in [0.717, 1.165) is 16.7 Å². The molecule has 1 aliphatic rings. The number of aryl methyl sites for hydroxylation is 2. The van der Waals surface area contributed by atoms with Crippen LogP contribution in [0.25, 0.3) is 11.0 Å². The normalized spacial score (nSPS) is 16.1. The SMILES string of the molecule is Cc1ccc(C)c(C2C(C#N)=C(N)Oc3c2c(=O)oc2ccccc32)c1. The molecule has 128 valence electrons. The second kappa shape index (κ2) is 5.78. The van der Waals surface area contributed by atoms with E-state index >= 15 is 0 Å². The Labute approximate surface area is 149 Å². The number of ether oxygens (including phenoxy) is 1. The van der Waals surface area contributed by atoms with Crippen molar-refractivity contribution in [1.82, 2.24) is 0 Å².